The maximum Gasteiger partial charge on any atom is 0.261 e. The quantitative estimate of drug-likeness (QED) is 0.607. The molecule has 0 aliphatic heterocycles. The van der Waals surface area contributed by atoms with E-state index < -0.39 is 13.0 Å². The van der Waals surface area contributed by atoms with E-state index >= 15 is 0 Å². The molecule has 0 unspecified atom stereocenters. The highest BCUT2D eigenvalue weighted by Crippen LogP contribution is 2.17. The predicted molar refractivity (Wildman–Crippen MR) is 59.9 cm³/mol. The van der Waals surface area contributed by atoms with Crippen molar-refractivity contribution < 1.29 is 23.4 Å². The lowest BCUT2D eigenvalue weighted by molar-refractivity contribution is -0.123. The number of carbonyl (C=O) groups is 1. The molecule has 4 nitrogen and oxygen atoms in total. The van der Waals surface area contributed by atoms with Gasteiger partial charge in [0, 0.05) is 19.6 Å². The Kier molecular flexibility index (Phi) is 7.99. The lowest BCUT2D eigenvalue weighted by atomic mass is 9.90. The summed E-state index contributed by atoms with van der Waals surface area (Å²) in [5, 5.41) is 11.5. The van der Waals surface area contributed by atoms with Crippen LogP contribution in [0.3, 0.4) is 0 Å². The van der Waals surface area contributed by atoms with Gasteiger partial charge in [-0.05, 0) is 11.8 Å². The van der Waals surface area contributed by atoms with Crippen LogP contribution in [-0.2, 0) is 9.53 Å². The summed E-state index contributed by atoms with van der Waals surface area (Å²) in [5.41, 5.74) is -0.172. The molecule has 0 atom stereocenters. The van der Waals surface area contributed by atoms with Gasteiger partial charge in [0.2, 0.25) is 5.91 Å². The monoisotopic (exact) mass is 253 g/mol. The van der Waals surface area contributed by atoms with Crippen molar-refractivity contribution in [3.63, 3.8) is 0 Å². The van der Waals surface area contributed by atoms with Crippen molar-refractivity contribution >= 4 is 5.91 Å². The molecule has 0 aliphatic rings. The molecule has 0 aromatic heterocycles. The second-order valence-electron chi connectivity index (χ2n) is 4.63. The number of aliphatic hydroxyl groups excluding tert-OH is 1. The van der Waals surface area contributed by atoms with E-state index in [4.69, 9.17) is 5.11 Å². The van der Waals surface area contributed by atoms with Crippen LogP contribution < -0.4 is 5.32 Å². The highest BCUT2D eigenvalue weighted by atomic mass is 19.3. The summed E-state index contributed by atoms with van der Waals surface area (Å²) >= 11 is 0. The maximum absolute atomic E-state index is 11.7. The van der Waals surface area contributed by atoms with Crippen molar-refractivity contribution in [2.45, 2.75) is 33.1 Å². The molecule has 0 bridgehead atoms. The zero-order chi connectivity index (χ0) is 13.3. The molecule has 0 fully saturated rings. The largest absolute Gasteiger partial charge is 0.396 e. The number of carbonyl (C=O) groups excluding carboxylic acids is 1. The molecular weight excluding hydrogens is 232 g/mol. The van der Waals surface area contributed by atoms with Gasteiger partial charge < -0.3 is 15.2 Å². The van der Waals surface area contributed by atoms with Gasteiger partial charge in [-0.15, -0.1) is 0 Å². The van der Waals surface area contributed by atoms with Gasteiger partial charge in [-0.3, -0.25) is 4.79 Å². The van der Waals surface area contributed by atoms with Gasteiger partial charge >= 0.3 is 0 Å². The molecular formula is C11H21F2NO3. The normalized spacial score (nSPS) is 11.9. The fourth-order valence-electron chi connectivity index (χ4n) is 1.15. The number of ether oxygens (including phenoxy) is 1. The van der Waals surface area contributed by atoms with Crippen LogP contribution in [0.5, 0.6) is 0 Å². The van der Waals surface area contributed by atoms with Crippen molar-refractivity contribution in [2.24, 2.45) is 5.41 Å². The molecule has 0 heterocycles. The molecule has 0 spiro atoms. The minimum atomic E-state index is -2.50. The van der Waals surface area contributed by atoms with Gasteiger partial charge in [-0.2, -0.15) is 0 Å². The molecule has 0 saturated heterocycles. The minimum Gasteiger partial charge on any atom is -0.396 e. The molecule has 0 aromatic rings. The number of hydrogen-bond acceptors (Lipinski definition) is 3. The molecule has 0 radical (unpaired) electrons. The highest BCUT2D eigenvalue weighted by molar-refractivity contribution is 5.75. The molecule has 0 saturated carbocycles. The average molecular weight is 253 g/mol. The van der Waals surface area contributed by atoms with Crippen molar-refractivity contribution in [3.8, 4) is 0 Å². The molecule has 1 amide bonds. The first kappa shape index (κ1) is 16.2. The van der Waals surface area contributed by atoms with Crippen LogP contribution in [0.15, 0.2) is 0 Å². The Balaban J connectivity index is 3.59. The third-order valence-corrected chi connectivity index (χ3v) is 2.27. The number of amides is 1. The fraction of sp³-hybridized carbons (Fsp3) is 0.909. The molecule has 6 heteroatoms. The standard InChI is InChI=1S/C11H21F2NO3/c1-11(2,4-5-15)8-14-10(16)3-6-17-7-9(12)13/h9,15H,3-8H2,1-2H3,(H,14,16). The van der Waals surface area contributed by atoms with Crippen LogP contribution in [-0.4, -0.2) is 43.8 Å². The first-order valence-corrected chi connectivity index (χ1v) is 5.61. The minimum absolute atomic E-state index is 0.00337. The summed E-state index contributed by atoms with van der Waals surface area (Å²) in [6.07, 6.45) is -1.83. The average Bonchev–Trinajstić information content (AvgIpc) is 2.21. The molecule has 17 heavy (non-hydrogen) atoms. The Labute approximate surface area is 100 Å². The van der Waals surface area contributed by atoms with Crippen molar-refractivity contribution in [1.29, 1.82) is 0 Å². The van der Waals surface area contributed by atoms with Crippen molar-refractivity contribution in [1.82, 2.24) is 5.32 Å². The molecule has 2 N–H and O–H groups in total. The Morgan fingerprint density at radius 2 is 2.12 bits per heavy atom. The smallest absolute Gasteiger partial charge is 0.261 e. The Morgan fingerprint density at radius 3 is 2.65 bits per heavy atom. The Morgan fingerprint density at radius 1 is 1.47 bits per heavy atom. The first-order chi connectivity index (χ1) is 7.87. The lowest BCUT2D eigenvalue weighted by Crippen LogP contribution is -2.35. The van der Waals surface area contributed by atoms with Crippen LogP contribution in [0.25, 0.3) is 0 Å². The second kappa shape index (κ2) is 8.36. The van der Waals surface area contributed by atoms with Crippen LogP contribution >= 0.6 is 0 Å². The van der Waals surface area contributed by atoms with Gasteiger partial charge in [0.1, 0.15) is 6.61 Å². The van der Waals surface area contributed by atoms with E-state index in [0.717, 1.165) is 0 Å². The zero-order valence-corrected chi connectivity index (χ0v) is 10.3. The van der Waals surface area contributed by atoms with Gasteiger partial charge in [-0.1, -0.05) is 13.8 Å². The number of alkyl halides is 2. The van der Waals surface area contributed by atoms with Crippen molar-refractivity contribution in [3.05, 3.63) is 0 Å². The van der Waals surface area contributed by atoms with Crippen LogP contribution in [0, 0.1) is 5.41 Å². The summed E-state index contributed by atoms with van der Waals surface area (Å²) in [5.74, 6) is -0.231. The van der Waals surface area contributed by atoms with E-state index in [1.807, 2.05) is 13.8 Å². The van der Waals surface area contributed by atoms with E-state index in [1.165, 1.54) is 0 Å². The lowest BCUT2D eigenvalue weighted by Gasteiger charge is -2.23. The van der Waals surface area contributed by atoms with E-state index in [0.29, 0.717) is 13.0 Å². The Bertz CT molecular complexity index is 223. The van der Waals surface area contributed by atoms with Crippen LogP contribution in [0.1, 0.15) is 26.7 Å². The van der Waals surface area contributed by atoms with Crippen LogP contribution in [0.4, 0.5) is 8.78 Å². The topological polar surface area (TPSA) is 58.6 Å². The summed E-state index contributed by atoms with van der Waals surface area (Å²) in [4.78, 5) is 11.3. The summed E-state index contributed by atoms with van der Waals surface area (Å²) in [7, 11) is 0. The second-order valence-corrected chi connectivity index (χ2v) is 4.63. The van der Waals surface area contributed by atoms with Gasteiger partial charge in [0.05, 0.1) is 6.61 Å². The first-order valence-electron chi connectivity index (χ1n) is 5.61. The van der Waals surface area contributed by atoms with Crippen molar-refractivity contribution in [2.75, 3.05) is 26.4 Å². The van der Waals surface area contributed by atoms with Gasteiger partial charge in [0.25, 0.3) is 6.43 Å². The number of nitrogens with one attached hydrogen (secondary N) is 1. The molecule has 0 rings (SSSR count). The van der Waals surface area contributed by atoms with E-state index in [-0.39, 0.29) is 31.0 Å². The summed E-state index contributed by atoms with van der Waals surface area (Å²) in [6.45, 7) is 3.73. The van der Waals surface area contributed by atoms with Gasteiger partial charge in [-0.25, -0.2) is 8.78 Å². The van der Waals surface area contributed by atoms with E-state index in [9.17, 15) is 13.6 Å². The number of rotatable bonds is 9. The fourth-order valence-corrected chi connectivity index (χ4v) is 1.15. The van der Waals surface area contributed by atoms with E-state index in [2.05, 4.69) is 10.1 Å². The van der Waals surface area contributed by atoms with Crippen LogP contribution in [0.2, 0.25) is 0 Å². The number of aliphatic hydroxyl groups is 1. The highest BCUT2D eigenvalue weighted by Gasteiger charge is 2.17. The maximum atomic E-state index is 11.7. The summed E-state index contributed by atoms with van der Waals surface area (Å²) in [6, 6.07) is 0. The Hall–Kier alpha value is -0.750. The molecule has 0 aromatic carbocycles. The third-order valence-electron chi connectivity index (χ3n) is 2.27. The molecule has 0 aliphatic carbocycles. The summed E-state index contributed by atoms with van der Waals surface area (Å²) < 4.78 is 28.0. The SMILES string of the molecule is CC(C)(CCO)CNC(=O)CCOCC(F)F. The van der Waals surface area contributed by atoms with E-state index in [1.54, 1.807) is 0 Å². The predicted octanol–water partition coefficient (Wildman–Crippen LogP) is 1.18. The van der Waals surface area contributed by atoms with Gasteiger partial charge in [0.15, 0.2) is 0 Å². The number of hydrogen-bond donors (Lipinski definition) is 2. The molecule has 102 valence electrons. The third kappa shape index (κ3) is 10.1. The zero-order valence-electron chi connectivity index (χ0n) is 10.3. The number of halogens is 2.